The van der Waals surface area contributed by atoms with Crippen molar-refractivity contribution >= 4 is 0 Å². The zero-order valence-electron chi connectivity index (χ0n) is 10.7. The largest absolute Gasteiger partial charge is 0.493 e. The van der Waals surface area contributed by atoms with Crippen molar-refractivity contribution in [2.75, 3.05) is 13.2 Å². The predicted octanol–water partition coefficient (Wildman–Crippen LogP) is 3.12. The molecular weight excluding hydrogens is 198 g/mol. The van der Waals surface area contributed by atoms with E-state index in [9.17, 15) is 0 Å². The summed E-state index contributed by atoms with van der Waals surface area (Å²) in [7, 11) is 0. The Hall–Kier alpha value is -1.02. The van der Waals surface area contributed by atoms with E-state index < -0.39 is 0 Å². The first-order valence-electron chi connectivity index (χ1n) is 6.06. The van der Waals surface area contributed by atoms with Gasteiger partial charge in [0, 0.05) is 0 Å². The topological polar surface area (TPSA) is 35.2 Å². The lowest BCUT2D eigenvalue weighted by molar-refractivity contribution is 0.301. The molecule has 1 aromatic carbocycles. The van der Waals surface area contributed by atoms with Crippen LogP contribution in [0, 0.1) is 20.8 Å². The van der Waals surface area contributed by atoms with Crippen molar-refractivity contribution in [3.05, 3.63) is 28.8 Å². The maximum absolute atomic E-state index is 5.85. The third-order valence-electron chi connectivity index (χ3n) is 2.97. The molecule has 0 bridgehead atoms. The molecule has 0 atom stereocenters. The highest BCUT2D eigenvalue weighted by molar-refractivity contribution is 5.44. The molecule has 2 nitrogen and oxygen atoms in total. The third kappa shape index (κ3) is 3.53. The Bertz CT molecular complexity index is 334. The smallest absolute Gasteiger partial charge is 0.125 e. The molecule has 0 aliphatic carbocycles. The van der Waals surface area contributed by atoms with Crippen LogP contribution in [-0.2, 0) is 0 Å². The molecule has 0 saturated carbocycles. The van der Waals surface area contributed by atoms with E-state index in [4.69, 9.17) is 10.5 Å². The number of ether oxygens (including phenoxy) is 1. The minimum Gasteiger partial charge on any atom is -0.493 e. The van der Waals surface area contributed by atoms with Crippen LogP contribution >= 0.6 is 0 Å². The summed E-state index contributed by atoms with van der Waals surface area (Å²) < 4.78 is 5.85. The molecule has 0 radical (unpaired) electrons. The van der Waals surface area contributed by atoms with Gasteiger partial charge in [-0.25, -0.2) is 0 Å². The van der Waals surface area contributed by atoms with Crippen LogP contribution in [0.15, 0.2) is 12.1 Å². The number of rotatable bonds is 6. The lowest BCUT2D eigenvalue weighted by atomic mass is 10.1. The monoisotopic (exact) mass is 221 g/mol. The van der Waals surface area contributed by atoms with Crippen LogP contribution in [0.3, 0.4) is 0 Å². The summed E-state index contributed by atoms with van der Waals surface area (Å²) in [5.41, 5.74) is 9.23. The zero-order valence-corrected chi connectivity index (χ0v) is 10.7. The molecule has 0 aliphatic heterocycles. The number of hydrogen-bond acceptors (Lipinski definition) is 2. The molecule has 0 amide bonds. The Balaban J connectivity index is 2.50. The normalized spacial score (nSPS) is 10.5. The van der Waals surface area contributed by atoms with Gasteiger partial charge >= 0.3 is 0 Å². The highest BCUT2D eigenvalue weighted by Gasteiger charge is 2.05. The second kappa shape index (κ2) is 6.54. The summed E-state index contributed by atoms with van der Waals surface area (Å²) in [6, 6.07) is 4.27. The van der Waals surface area contributed by atoms with Gasteiger partial charge in [-0.3, -0.25) is 0 Å². The summed E-state index contributed by atoms with van der Waals surface area (Å²) in [5.74, 6) is 1.06. The van der Waals surface area contributed by atoms with Gasteiger partial charge in [-0.15, -0.1) is 0 Å². The maximum Gasteiger partial charge on any atom is 0.125 e. The summed E-state index contributed by atoms with van der Waals surface area (Å²) in [4.78, 5) is 0. The Morgan fingerprint density at radius 1 is 1.00 bits per heavy atom. The molecule has 0 aliphatic rings. The SMILES string of the molecule is Cc1ccc(C)c(OCCCCCN)c1C. The van der Waals surface area contributed by atoms with E-state index in [1.807, 2.05) is 0 Å². The highest BCUT2D eigenvalue weighted by Crippen LogP contribution is 2.25. The summed E-state index contributed by atoms with van der Waals surface area (Å²) in [6.45, 7) is 7.92. The van der Waals surface area contributed by atoms with Crippen molar-refractivity contribution in [3.63, 3.8) is 0 Å². The molecule has 1 aromatic rings. The molecule has 0 saturated heterocycles. The van der Waals surface area contributed by atoms with Gasteiger partial charge < -0.3 is 10.5 Å². The number of unbranched alkanes of at least 4 members (excludes halogenated alkanes) is 2. The fourth-order valence-corrected chi connectivity index (χ4v) is 1.75. The van der Waals surface area contributed by atoms with Crippen molar-refractivity contribution in [1.82, 2.24) is 0 Å². The molecule has 90 valence electrons. The van der Waals surface area contributed by atoms with Crippen LogP contribution in [0.5, 0.6) is 5.75 Å². The van der Waals surface area contributed by atoms with E-state index in [1.54, 1.807) is 0 Å². The number of benzene rings is 1. The molecule has 16 heavy (non-hydrogen) atoms. The van der Waals surface area contributed by atoms with Crippen molar-refractivity contribution in [1.29, 1.82) is 0 Å². The molecule has 1 rings (SSSR count). The van der Waals surface area contributed by atoms with E-state index in [0.29, 0.717) is 0 Å². The summed E-state index contributed by atoms with van der Waals surface area (Å²) in [6.07, 6.45) is 3.33. The van der Waals surface area contributed by atoms with Crippen LogP contribution in [0.4, 0.5) is 0 Å². The molecule has 2 N–H and O–H groups in total. The van der Waals surface area contributed by atoms with Gasteiger partial charge in [0.25, 0.3) is 0 Å². The van der Waals surface area contributed by atoms with Crippen LogP contribution in [0.2, 0.25) is 0 Å². The maximum atomic E-state index is 5.85. The van der Waals surface area contributed by atoms with Crippen molar-refractivity contribution in [2.24, 2.45) is 5.73 Å². The van der Waals surface area contributed by atoms with Crippen LogP contribution < -0.4 is 10.5 Å². The van der Waals surface area contributed by atoms with Crippen LogP contribution in [0.25, 0.3) is 0 Å². The highest BCUT2D eigenvalue weighted by atomic mass is 16.5. The first-order valence-corrected chi connectivity index (χ1v) is 6.06. The van der Waals surface area contributed by atoms with Crippen LogP contribution in [0.1, 0.15) is 36.0 Å². The zero-order chi connectivity index (χ0) is 12.0. The molecular formula is C14H23NO. The van der Waals surface area contributed by atoms with E-state index in [2.05, 4.69) is 32.9 Å². The molecule has 0 aromatic heterocycles. The molecule has 0 unspecified atom stereocenters. The summed E-state index contributed by atoms with van der Waals surface area (Å²) in [5, 5.41) is 0. The predicted molar refractivity (Wildman–Crippen MR) is 69.1 cm³/mol. The molecule has 2 heteroatoms. The van der Waals surface area contributed by atoms with Gasteiger partial charge in [0.05, 0.1) is 6.61 Å². The Labute approximate surface area is 98.8 Å². The van der Waals surface area contributed by atoms with E-state index in [-0.39, 0.29) is 0 Å². The van der Waals surface area contributed by atoms with Gasteiger partial charge in [-0.05, 0) is 63.3 Å². The molecule has 0 spiro atoms. The Kier molecular flexibility index (Phi) is 5.33. The average Bonchev–Trinajstić information content (AvgIpc) is 2.28. The average molecular weight is 221 g/mol. The number of nitrogens with two attached hydrogens (primary N) is 1. The second-order valence-electron chi connectivity index (χ2n) is 4.35. The quantitative estimate of drug-likeness (QED) is 0.749. The van der Waals surface area contributed by atoms with Crippen LogP contribution in [-0.4, -0.2) is 13.2 Å². The van der Waals surface area contributed by atoms with Gasteiger partial charge in [0.1, 0.15) is 5.75 Å². The Morgan fingerprint density at radius 2 is 1.69 bits per heavy atom. The Morgan fingerprint density at radius 3 is 2.38 bits per heavy atom. The fraction of sp³-hybridized carbons (Fsp3) is 0.571. The van der Waals surface area contributed by atoms with E-state index >= 15 is 0 Å². The van der Waals surface area contributed by atoms with Gasteiger partial charge in [0.15, 0.2) is 0 Å². The van der Waals surface area contributed by atoms with E-state index in [1.165, 1.54) is 16.7 Å². The number of hydrogen-bond donors (Lipinski definition) is 1. The second-order valence-corrected chi connectivity index (χ2v) is 4.35. The lowest BCUT2D eigenvalue weighted by Crippen LogP contribution is -2.03. The minimum atomic E-state index is 0.780. The third-order valence-corrected chi connectivity index (χ3v) is 2.97. The summed E-state index contributed by atoms with van der Waals surface area (Å²) >= 11 is 0. The van der Waals surface area contributed by atoms with Gasteiger partial charge in [0.2, 0.25) is 0 Å². The van der Waals surface area contributed by atoms with E-state index in [0.717, 1.165) is 38.2 Å². The molecule has 0 heterocycles. The lowest BCUT2D eigenvalue weighted by Gasteiger charge is -2.13. The first-order chi connectivity index (χ1) is 7.66. The minimum absolute atomic E-state index is 0.780. The molecule has 0 fully saturated rings. The van der Waals surface area contributed by atoms with Gasteiger partial charge in [-0.2, -0.15) is 0 Å². The van der Waals surface area contributed by atoms with Crippen molar-refractivity contribution < 1.29 is 4.74 Å². The first kappa shape index (κ1) is 13.0. The standard InChI is InChI=1S/C14H23NO/c1-11-7-8-12(2)14(13(11)3)16-10-6-4-5-9-15/h7-8H,4-6,9-10,15H2,1-3H3. The van der Waals surface area contributed by atoms with Crippen molar-refractivity contribution in [2.45, 2.75) is 40.0 Å². The number of aryl methyl sites for hydroxylation is 2. The fourth-order valence-electron chi connectivity index (χ4n) is 1.75. The van der Waals surface area contributed by atoms with Gasteiger partial charge in [-0.1, -0.05) is 12.1 Å². The van der Waals surface area contributed by atoms with Crippen molar-refractivity contribution in [3.8, 4) is 5.75 Å².